The maximum atomic E-state index is 12.6. The fraction of sp³-hybridized carbons (Fsp3) is 0.250. The van der Waals surface area contributed by atoms with E-state index in [1.807, 2.05) is 24.3 Å². The van der Waals surface area contributed by atoms with Crippen LogP contribution in [0, 0.1) is 10.1 Å². The highest BCUT2D eigenvalue weighted by Gasteiger charge is 2.50. The van der Waals surface area contributed by atoms with Gasteiger partial charge in [0.1, 0.15) is 5.38 Å². The molecule has 1 fully saturated rings. The Morgan fingerprint density at radius 1 is 1.29 bits per heavy atom. The number of nitrogens with one attached hydrogen (secondary N) is 1. The van der Waals surface area contributed by atoms with Crippen molar-refractivity contribution in [3.63, 3.8) is 0 Å². The van der Waals surface area contributed by atoms with Gasteiger partial charge >= 0.3 is 6.03 Å². The van der Waals surface area contributed by atoms with Crippen LogP contribution in [0.25, 0.3) is 10.9 Å². The van der Waals surface area contributed by atoms with Crippen molar-refractivity contribution in [2.45, 2.75) is 24.4 Å². The molecular weight excluding hydrogens is 490 g/mol. The summed E-state index contributed by atoms with van der Waals surface area (Å²) >= 11 is 9.55. The molecule has 1 saturated heterocycles. The lowest BCUT2D eigenvalue weighted by atomic mass is 9.94. The van der Waals surface area contributed by atoms with Gasteiger partial charge < -0.3 is 5.32 Å². The summed E-state index contributed by atoms with van der Waals surface area (Å²) in [6.07, 6.45) is 2.17. The van der Waals surface area contributed by atoms with Crippen molar-refractivity contribution in [1.82, 2.24) is 20.0 Å². The second-order valence-electron chi connectivity index (χ2n) is 7.06. The number of carbonyl (C=O) groups excluding carboxylic acids is 2. The molecule has 160 valence electrons. The zero-order valence-corrected chi connectivity index (χ0v) is 18.4. The Bertz CT molecular complexity index is 1180. The van der Waals surface area contributed by atoms with Crippen molar-refractivity contribution in [3.8, 4) is 0 Å². The number of non-ortho nitro benzene ring substituents is 1. The molecule has 4 rings (SSSR count). The Hall–Kier alpha value is -2.98. The summed E-state index contributed by atoms with van der Waals surface area (Å²) in [5, 5.41) is 18.0. The maximum Gasteiger partial charge on any atom is 0.324 e. The Labute approximate surface area is 190 Å². The molecule has 1 N–H and O–H groups in total. The summed E-state index contributed by atoms with van der Waals surface area (Å²) in [6, 6.07) is 10.8. The van der Waals surface area contributed by atoms with E-state index in [0.29, 0.717) is 25.0 Å². The van der Waals surface area contributed by atoms with E-state index in [4.69, 9.17) is 11.6 Å². The van der Waals surface area contributed by atoms with Crippen molar-refractivity contribution in [1.29, 1.82) is 0 Å². The summed E-state index contributed by atoms with van der Waals surface area (Å²) < 4.78 is 2.49. The third-order valence-corrected chi connectivity index (χ3v) is 6.02. The molecule has 3 amide bonds. The van der Waals surface area contributed by atoms with Crippen LogP contribution in [0.15, 0.2) is 53.1 Å². The van der Waals surface area contributed by atoms with Crippen LogP contribution >= 0.6 is 27.5 Å². The van der Waals surface area contributed by atoms with Crippen molar-refractivity contribution in [3.05, 3.63) is 68.8 Å². The Morgan fingerprint density at radius 2 is 2.10 bits per heavy atom. The van der Waals surface area contributed by atoms with Crippen molar-refractivity contribution in [2.75, 3.05) is 6.54 Å². The molecule has 0 aliphatic carbocycles. The zero-order chi connectivity index (χ0) is 22.1. The van der Waals surface area contributed by atoms with Crippen LogP contribution in [0.1, 0.15) is 18.0 Å². The number of aromatic nitrogens is 2. The topological polar surface area (TPSA) is 110 Å². The normalized spacial score (nSPS) is 18.1. The van der Waals surface area contributed by atoms with Crippen LogP contribution in [0.3, 0.4) is 0 Å². The average Bonchev–Trinajstić information content (AvgIpc) is 3.16. The lowest BCUT2D eigenvalue weighted by molar-refractivity contribution is -0.384. The highest BCUT2D eigenvalue weighted by Crippen LogP contribution is 2.39. The van der Waals surface area contributed by atoms with E-state index < -0.39 is 28.3 Å². The third-order valence-electron chi connectivity index (χ3n) is 5.10. The average molecular weight is 507 g/mol. The van der Waals surface area contributed by atoms with Crippen LogP contribution in [0.4, 0.5) is 10.5 Å². The van der Waals surface area contributed by atoms with E-state index in [2.05, 4.69) is 26.3 Å². The fourth-order valence-electron chi connectivity index (χ4n) is 3.55. The molecular formula is C20H17BrClN5O4. The summed E-state index contributed by atoms with van der Waals surface area (Å²) in [7, 11) is 0. The van der Waals surface area contributed by atoms with Gasteiger partial charge in [0.25, 0.3) is 11.6 Å². The maximum absolute atomic E-state index is 12.6. The molecule has 1 aromatic heterocycles. The van der Waals surface area contributed by atoms with Gasteiger partial charge in [-0.15, -0.1) is 11.6 Å². The second kappa shape index (κ2) is 8.64. The molecule has 0 spiro atoms. The predicted octanol–water partition coefficient (Wildman–Crippen LogP) is 4.00. The molecule has 9 nitrogen and oxygen atoms in total. The second-order valence-corrected chi connectivity index (χ2v) is 8.45. The number of nitro groups is 1. The van der Waals surface area contributed by atoms with Gasteiger partial charge in [0.2, 0.25) is 0 Å². The van der Waals surface area contributed by atoms with Crippen LogP contribution in [0.5, 0.6) is 0 Å². The van der Waals surface area contributed by atoms with Gasteiger partial charge in [-0.25, -0.2) is 4.79 Å². The lowest BCUT2D eigenvalue weighted by Crippen LogP contribution is -2.61. The number of urea groups is 1. The summed E-state index contributed by atoms with van der Waals surface area (Å²) in [5.41, 5.74) is 1.42. The largest absolute Gasteiger partial charge is 0.338 e. The highest BCUT2D eigenvalue weighted by molar-refractivity contribution is 9.10. The third kappa shape index (κ3) is 4.13. The van der Waals surface area contributed by atoms with Gasteiger partial charge in [0.15, 0.2) is 0 Å². The molecule has 1 aliphatic rings. The summed E-state index contributed by atoms with van der Waals surface area (Å²) in [6.45, 7) is 0.753. The zero-order valence-electron chi connectivity index (χ0n) is 16.1. The van der Waals surface area contributed by atoms with Crippen LogP contribution in [0.2, 0.25) is 0 Å². The van der Waals surface area contributed by atoms with Crippen molar-refractivity contribution in [2.24, 2.45) is 0 Å². The first-order valence-corrected chi connectivity index (χ1v) is 10.7. The molecule has 3 aromatic rings. The number of benzene rings is 2. The van der Waals surface area contributed by atoms with Gasteiger partial charge in [-0.05, 0) is 30.2 Å². The molecule has 0 radical (unpaired) electrons. The minimum atomic E-state index is -0.786. The fourth-order valence-corrected chi connectivity index (χ4v) is 4.33. The molecule has 0 bridgehead atoms. The van der Waals surface area contributed by atoms with E-state index in [-0.39, 0.29) is 5.69 Å². The smallest absolute Gasteiger partial charge is 0.324 e. The summed E-state index contributed by atoms with van der Waals surface area (Å²) in [5.74, 6) is -0.436. The number of rotatable bonds is 6. The number of fused-ring (bicyclic) bond motifs is 1. The Balaban J connectivity index is 1.36. The number of halogens is 2. The first-order valence-electron chi connectivity index (χ1n) is 9.47. The number of nitro benzene ring substituents is 1. The molecule has 11 heteroatoms. The quantitative estimate of drug-likeness (QED) is 0.179. The Kier molecular flexibility index (Phi) is 5.92. The van der Waals surface area contributed by atoms with Crippen LogP contribution in [-0.2, 0) is 11.3 Å². The van der Waals surface area contributed by atoms with E-state index in [1.54, 1.807) is 16.9 Å². The summed E-state index contributed by atoms with van der Waals surface area (Å²) in [4.78, 5) is 36.4. The minimum absolute atomic E-state index is 0.00642. The SMILES string of the molecule is O=C(NCCCn1ncc2ccc([N+](=O)[O-])cc21)N1C(=O)C(Cl)C1c1cccc(Br)c1. The molecule has 2 heterocycles. The first kappa shape index (κ1) is 21.3. The molecule has 2 unspecified atom stereocenters. The number of likely N-dealkylation sites (tertiary alicyclic amines) is 1. The number of imide groups is 1. The van der Waals surface area contributed by atoms with Crippen LogP contribution < -0.4 is 5.32 Å². The number of alkyl halides is 1. The standard InChI is InChI=1S/C20H17BrClN5O4/c21-14-4-1-3-12(9-14)18-17(22)19(28)26(18)20(29)23-7-2-8-25-16-10-15(27(30)31)6-5-13(16)11-24-25/h1,3-6,9-11,17-18H,2,7-8H2,(H,23,29). The molecule has 0 saturated carbocycles. The monoisotopic (exact) mass is 505 g/mol. The van der Waals surface area contributed by atoms with E-state index in [0.717, 1.165) is 20.3 Å². The van der Waals surface area contributed by atoms with Gasteiger partial charge in [-0.3, -0.25) is 24.5 Å². The van der Waals surface area contributed by atoms with Gasteiger partial charge in [-0.1, -0.05) is 28.1 Å². The first-order chi connectivity index (χ1) is 14.9. The number of aryl methyl sites for hydroxylation is 1. The number of hydrogen-bond acceptors (Lipinski definition) is 5. The molecule has 2 atom stereocenters. The molecule has 1 aliphatic heterocycles. The molecule has 2 aromatic carbocycles. The number of nitrogens with zero attached hydrogens (tertiary/aromatic N) is 4. The predicted molar refractivity (Wildman–Crippen MR) is 118 cm³/mol. The van der Waals surface area contributed by atoms with Crippen LogP contribution in [-0.4, -0.2) is 43.5 Å². The number of hydrogen-bond donors (Lipinski definition) is 1. The minimum Gasteiger partial charge on any atom is -0.338 e. The highest BCUT2D eigenvalue weighted by atomic mass is 79.9. The van der Waals surface area contributed by atoms with E-state index in [1.165, 1.54) is 12.1 Å². The van der Waals surface area contributed by atoms with Gasteiger partial charge in [-0.2, -0.15) is 5.10 Å². The van der Waals surface area contributed by atoms with Gasteiger partial charge in [0, 0.05) is 35.1 Å². The number of carbonyl (C=O) groups is 2. The van der Waals surface area contributed by atoms with Crippen molar-refractivity contribution >= 4 is 56.1 Å². The van der Waals surface area contributed by atoms with E-state index >= 15 is 0 Å². The molecule has 31 heavy (non-hydrogen) atoms. The number of amides is 3. The lowest BCUT2D eigenvalue weighted by Gasteiger charge is -2.42. The van der Waals surface area contributed by atoms with Gasteiger partial charge in [0.05, 0.1) is 22.7 Å². The van der Waals surface area contributed by atoms with Crippen molar-refractivity contribution < 1.29 is 14.5 Å². The van der Waals surface area contributed by atoms with E-state index in [9.17, 15) is 19.7 Å². The number of β-lactam (4-membered cyclic amide) rings is 1. The Morgan fingerprint density at radius 3 is 2.84 bits per heavy atom.